The number of carbonyl (C=O) groups is 2. The molecule has 2 amide bonds. The molecule has 1 fully saturated rings. The predicted octanol–water partition coefficient (Wildman–Crippen LogP) is 2.99. The smallest absolute Gasteiger partial charge is 0.265 e. The minimum atomic E-state index is -0.761. The van der Waals surface area contributed by atoms with Gasteiger partial charge in [0.25, 0.3) is 11.8 Å². The van der Waals surface area contributed by atoms with Gasteiger partial charge in [-0.1, -0.05) is 12.1 Å². The quantitative estimate of drug-likeness (QED) is 0.576. The van der Waals surface area contributed by atoms with Gasteiger partial charge < -0.3 is 24.0 Å². The highest BCUT2D eigenvalue weighted by Gasteiger charge is 2.36. The summed E-state index contributed by atoms with van der Waals surface area (Å²) in [6, 6.07) is 14.3. The summed E-state index contributed by atoms with van der Waals surface area (Å²) in [5.41, 5.74) is 3.78. The van der Waals surface area contributed by atoms with E-state index in [1.54, 1.807) is 45.6 Å². The molecule has 170 valence electrons. The molecule has 0 aliphatic carbocycles. The molecule has 0 radical (unpaired) electrons. The van der Waals surface area contributed by atoms with E-state index in [1.807, 2.05) is 23.6 Å². The molecular weight excluding hydrogens is 442 g/mol. The van der Waals surface area contributed by atoms with Crippen LogP contribution in [0.25, 0.3) is 0 Å². The van der Waals surface area contributed by atoms with Crippen molar-refractivity contribution in [3.05, 3.63) is 70.7 Å². The van der Waals surface area contributed by atoms with Gasteiger partial charge in [0.15, 0.2) is 6.10 Å². The molecule has 5 rings (SSSR count). The van der Waals surface area contributed by atoms with Gasteiger partial charge in [-0.3, -0.25) is 9.59 Å². The van der Waals surface area contributed by atoms with Gasteiger partial charge in [-0.15, -0.1) is 11.3 Å². The number of amides is 2. The zero-order valence-corrected chi connectivity index (χ0v) is 18.7. The first kappa shape index (κ1) is 21.4. The van der Waals surface area contributed by atoms with E-state index in [1.165, 1.54) is 11.3 Å². The van der Waals surface area contributed by atoms with E-state index in [9.17, 15) is 9.59 Å². The number of benzene rings is 2. The topological polar surface area (TPSA) is 81.2 Å². The number of rotatable bonds is 5. The minimum Gasteiger partial charge on any atom is -0.487 e. The van der Waals surface area contributed by atoms with Gasteiger partial charge in [-0.25, -0.2) is 4.98 Å². The lowest BCUT2D eigenvalue weighted by Crippen LogP contribution is -2.54. The number of fused-ring (bicyclic) bond motifs is 1. The molecule has 0 spiro atoms. The van der Waals surface area contributed by atoms with Crippen LogP contribution in [0.4, 0.5) is 5.69 Å². The lowest BCUT2D eigenvalue weighted by atomic mass is 10.1. The fourth-order valence-corrected chi connectivity index (χ4v) is 4.40. The lowest BCUT2D eigenvalue weighted by Gasteiger charge is -2.37. The van der Waals surface area contributed by atoms with Crippen LogP contribution < -0.4 is 14.4 Å². The van der Waals surface area contributed by atoms with Crippen LogP contribution in [0.2, 0.25) is 0 Å². The summed E-state index contributed by atoms with van der Waals surface area (Å²) in [4.78, 5) is 34.1. The Bertz CT molecular complexity index is 1110. The number of aromatic nitrogens is 1. The molecule has 33 heavy (non-hydrogen) atoms. The van der Waals surface area contributed by atoms with Crippen molar-refractivity contribution in [2.75, 3.05) is 37.7 Å². The molecule has 2 aromatic carbocycles. The van der Waals surface area contributed by atoms with Crippen LogP contribution in [0.5, 0.6) is 11.5 Å². The van der Waals surface area contributed by atoms with Crippen molar-refractivity contribution in [3.8, 4) is 11.5 Å². The number of hydrogen-bond donors (Lipinski definition) is 0. The third-order valence-corrected chi connectivity index (χ3v) is 6.22. The van der Waals surface area contributed by atoms with Gasteiger partial charge in [-0.05, 0) is 36.4 Å². The maximum Gasteiger partial charge on any atom is 0.265 e. The molecule has 2 aliphatic rings. The van der Waals surface area contributed by atoms with Crippen LogP contribution in [0.15, 0.2) is 59.4 Å². The normalized spacial score (nSPS) is 17.8. The fraction of sp³-hybridized carbons (Fsp3) is 0.292. The zero-order chi connectivity index (χ0) is 22.6. The molecule has 3 heterocycles. The molecule has 2 aliphatic heterocycles. The molecule has 0 saturated carbocycles. The van der Waals surface area contributed by atoms with Crippen molar-refractivity contribution in [1.29, 1.82) is 0 Å². The Morgan fingerprint density at radius 2 is 1.88 bits per heavy atom. The van der Waals surface area contributed by atoms with E-state index in [4.69, 9.17) is 14.2 Å². The van der Waals surface area contributed by atoms with Crippen LogP contribution in [0.1, 0.15) is 16.1 Å². The number of carbonyl (C=O) groups excluding carboxylic acids is 2. The van der Waals surface area contributed by atoms with Gasteiger partial charge in [-0.2, -0.15) is 0 Å². The van der Waals surface area contributed by atoms with E-state index in [0.717, 1.165) is 5.69 Å². The predicted molar refractivity (Wildman–Crippen MR) is 123 cm³/mol. The number of para-hydroxylation sites is 2. The molecule has 3 aromatic rings. The van der Waals surface area contributed by atoms with E-state index in [-0.39, 0.29) is 18.4 Å². The Morgan fingerprint density at radius 1 is 1.09 bits per heavy atom. The van der Waals surface area contributed by atoms with Crippen LogP contribution in [-0.4, -0.2) is 60.7 Å². The van der Waals surface area contributed by atoms with Crippen molar-refractivity contribution in [2.45, 2.75) is 12.7 Å². The Morgan fingerprint density at radius 3 is 2.64 bits per heavy atom. The van der Waals surface area contributed by atoms with Crippen molar-refractivity contribution < 1.29 is 23.8 Å². The van der Waals surface area contributed by atoms with Crippen molar-refractivity contribution in [2.24, 2.45) is 0 Å². The Balaban J connectivity index is 1.33. The summed E-state index contributed by atoms with van der Waals surface area (Å²) in [7, 11) is 0. The largest absolute Gasteiger partial charge is 0.487 e. The molecule has 0 N–H and O–H groups in total. The second-order valence-corrected chi connectivity index (χ2v) is 8.44. The van der Waals surface area contributed by atoms with Gasteiger partial charge in [0, 0.05) is 24.0 Å². The van der Waals surface area contributed by atoms with Gasteiger partial charge in [0.05, 0.1) is 36.7 Å². The number of anilines is 1. The molecular formula is C24H23N3O5S. The molecule has 1 saturated heterocycles. The van der Waals surface area contributed by atoms with E-state index >= 15 is 0 Å². The first-order valence-electron chi connectivity index (χ1n) is 10.7. The van der Waals surface area contributed by atoms with Crippen molar-refractivity contribution >= 4 is 28.8 Å². The van der Waals surface area contributed by atoms with Crippen molar-refractivity contribution in [1.82, 2.24) is 9.88 Å². The standard InChI is InChI=1S/C24H23N3O5S/c28-23(17-5-7-19(8-6-17)31-14-18-15-33-16-25-18)27-13-22(24(29)26-9-11-30-12-10-26)32-21-4-2-1-3-20(21)27/h1-8,15-16,22H,9-14H2. The second-order valence-electron chi connectivity index (χ2n) is 7.72. The number of hydrogen-bond acceptors (Lipinski definition) is 7. The SMILES string of the molecule is O=C(C1CN(C(=O)c2ccc(OCc3cscn3)cc2)c2ccccc2O1)N1CCOCC1. The maximum atomic E-state index is 13.4. The van der Waals surface area contributed by atoms with Crippen molar-refractivity contribution in [3.63, 3.8) is 0 Å². The lowest BCUT2D eigenvalue weighted by molar-refractivity contribution is -0.142. The molecule has 8 nitrogen and oxygen atoms in total. The van der Waals surface area contributed by atoms with Crippen LogP contribution >= 0.6 is 11.3 Å². The van der Waals surface area contributed by atoms with E-state index in [0.29, 0.717) is 55.7 Å². The fourth-order valence-electron chi connectivity index (χ4n) is 3.86. The first-order valence-corrected chi connectivity index (χ1v) is 11.7. The average molecular weight is 466 g/mol. The first-order chi connectivity index (χ1) is 16.2. The highest BCUT2D eigenvalue weighted by molar-refractivity contribution is 7.07. The average Bonchev–Trinajstić information content (AvgIpc) is 3.40. The Labute approximate surface area is 195 Å². The molecule has 1 aromatic heterocycles. The third-order valence-electron chi connectivity index (χ3n) is 5.59. The number of morpholine rings is 1. The van der Waals surface area contributed by atoms with Gasteiger partial charge >= 0.3 is 0 Å². The highest BCUT2D eigenvalue weighted by Crippen LogP contribution is 2.34. The number of thiazole rings is 1. The summed E-state index contributed by atoms with van der Waals surface area (Å²) in [6.45, 7) is 2.59. The molecule has 0 bridgehead atoms. The summed E-state index contributed by atoms with van der Waals surface area (Å²) in [5.74, 6) is 0.849. The van der Waals surface area contributed by atoms with E-state index in [2.05, 4.69) is 4.98 Å². The molecule has 1 unspecified atom stereocenters. The number of nitrogens with zero attached hydrogens (tertiary/aromatic N) is 3. The van der Waals surface area contributed by atoms with Crippen LogP contribution in [-0.2, 0) is 16.1 Å². The Kier molecular flexibility index (Phi) is 6.23. The summed E-state index contributed by atoms with van der Waals surface area (Å²) in [5, 5.41) is 1.93. The molecule has 9 heteroatoms. The second kappa shape index (κ2) is 9.60. The summed E-state index contributed by atoms with van der Waals surface area (Å²) < 4.78 is 17.1. The monoisotopic (exact) mass is 465 g/mol. The highest BCUT2D eigenvalue weighted by atomic mass is 32.1. The summed E-state index contributed by atoms with van der Waals surface area (Å²) in [6.07, 6.45) is -0.761. The maximum absolute atomic E-state index is 13.4. The van der Waals surface area contributed by atoms with Crippen LogP contribution in [0.3, 0.4) is 0 Å². The number of ether oxygens (including phenoxy) is 3. The van der Waals surface area contributed by atoms with Crippen LogP contribution in [0, 0.1) is 0 Å². The van der Waals surface area contributed by atoms with Gasteiger partial charge in [0.1, 0.15) is 18.1 Å². The Hall–Kier alpha value is -3.43. The van der Waals surface area contributed by atoms with Gasteiger partial charge in [0.2, 0.25) is 0 Å². The third kappa shape index (κ3) is 4.69. The zero-order valence-electron chi connectivity index (χ0n) is 17.9. The van der Waals surface area contributed by atoms with E-state index < -0.39 is 6.10 Å². The molecule has 1 atom stereocenters. The minimum absolute atomic E-state index is 0.128. The summed E-state index contributed by atoms with van der Waals surface area (Å²) >= 11 is 1.52.